The van der Waals surface area contributed by atoms with Crippen molar-refractivity contribution in [2.75, 3.05) is 13.7 Å². The van der Waals surface area contributed by atoms with Gasteiger partial charge in [0.25, 0.3) is 0 Å². The molecule has 0 aromatic carbocycles. The van der Waals surface area contributed by atoms with Crippen molar-refractivity contribution in [3.63, 3.8) is 0 Å². The van der Waals surface area contributed by atoms with Gasteiger partial charge in [-0.2, -0.15) is 5.10 Å². The summed E-state index contributed by atoms with van der Waals surface area (Å²) in [6.07, 6.45) is 1.65. The largest absolute Gasteiger partial charge is 0.383 e. The Labute approximate surface area is 104 Å². The molecule has 4 nitrogen and oxygen atoms in total. The van der Waals surface area contributed by atoms with Gasteiger partial charge in [-0.1, -0.05) is 20.8 Å². The van der Waals surface area contributed by atoms with Crippen LogP contribution in [0.1, 0.15) is 31.3 Å². The van der Waals surface area contributed by atoms with Crippen molar-refractivity contribution in [1.82, 2.24) is 9.78 Å². The first-order valence-electron chi connectivity index (χ1n) is 5.13. The van der Waals surface area contributed by atoms with Crippen LogP contribution in [0.4, 0.5) is 0 Å². The molecule has 0 spiro atoms. The van der Waals surface area contributed by atoms with E-state index in [4.69, 9.17) is 4.74 Å². The maximum atomic E-state index is 12.2. The molecule has 0 saturated heterocycles. The van der Waals surface area contributed by atoms with Gasteiger partial charge in [-0.05, 0) is 15.9 Å². The molecule has 0 aliphatic rings. The average Bonchev–Trinajstić information content (AvgIpc) is 2.54. The minimum Gasteiger partial charge on any atom is -0.383 e. The number of carbonyl (C=O) groups excluding carboxylic acids is 1. The quantitative estimate of drug-likeness (QED) is 0.800. The Morgan fingerprint density at radius 3 is 2.69 bits per heavy atom. The lowest BCUT2D eigenvalue weighted by Gasteiger charge is -2.17. The van der Waals surface area contributed by atoms with Gasteiger partial charge < -0.3 is 4.74 Å². The molecule has 1 heterocycles. The molecule has 1 aromatic heterocycles. The molecule has 0 aliphatic heterocycles. The summed E-state index contributed by atoms with van der Waals surface area (Å²) in [5.41, 5.74) is 0.206. The molecule has 0 fully saturated rings. The molecule has 0 saturated carbocycles. The Balaban J connectivity index is 3.02. The third-order valence-electron chi connectivity index (χ3n) is 2.20. The Kier molecular flexibility index (Phi) is 4.27. The van der Waals surface area contributed by atoms with E-state index in [1.54, 1.807) is 18.0 Å². The fourth-order valence-electron chi connectivity index (χ4n) is 1.29. The summed E-state index contributed by atoms with van der Waals surface area (Å²) in [6, 6.07) is 0. The Hall–Kier alpha value is -0.680. The highest BCUT2D eigenvalue weighted by atomic mass is 79.9. The number of ether oxygens (including phenoxy) is 1. The highest BCUT2D eigenvalue weighted by Crippen LogP contribution is 2.26. The van der Waals surface area contributed by atoms with Crippen molar-refractivity contribution < 1.29 is 9.53 Å². The number of hydrogen-bond donors (Lipinski definition) is 0. The van der Waals surface area contributed by atoms with E-state index in [1.807, 2.05) is 20.8 Å². The predicted molar refractivity (Wildman–Crippen MR) is 65.6 cm³/mol. The van der Waals surface area contributed by atoms with Gasteiger partial charge in [-0.25, -0.2) is 0 Å². The molecular weight excluding hydrogens is 272 g/mol. The van der Waals surface area contributed by atoms with Crippen LogP contribution in [0.5, 0.6) is 0 Å². The van der Waals surface area contributed by atoms with Gasteiger partial charge in [0.15, 0.2) is 5.78 Å². The minimum absolute atomic E-state index is 0.0768. The van der Waals surface area contributed by atoms with Crippen LogP contribution in [0, 0.1) is 5.41 Å². The lowest BCUT2D eigenvalue weighted by Crippen LogP contribution is -2.25. The zero-order valence-corrected chi connectivity index (χ0v) is 11.7. The summed E-state index contributed by atoms with van der Waals surface area (Å²) in [7, 11) is 1.63. The average molecular weight is 289 g/mol. The smallest absolute Gasteiger partial charge is 0.187 e. The predicted octanol–water partition coefficient (Wildman–Crippen LogP) is 2.52. The van der Waals surface area contributed by atoms with E-state index in [9.17, 15) is 4.79 Å². The number of ketones is 1. The lowest BCUT2D eigenvalue weighted by atomic mass is 9.89. The highest BCUT2D eigenvalue weighted by molar-refractivity contribution is 9.10. The highest BCUT2D eigenvalue weighted by Gasteiger charge is 2.28. The van der Waals surface area contributed by atoms with E-state index in [-0.39, 0.29) is 5.78 Å². The van der Waals surface area contributed by atoms with Crippen molar-refractivity contribution in [3.05, 3.63) is 16.4 Å². The number of aromatic nitrogens is 2. The van der Waals surface area contributed by atoms with Crippen LogP contribution in [0.2, 0.25) is 0 Å². The molecule has 1 aromatic rings. The fraction of sp³-hybridized carbons (Fsp3) is 0.636. The monoisotopic (exact) mass is 288 g/mol. The number of methoxy groups -OCH3 is 1. The maximum absolute atomic E-state index is 12.2. The molecule has 0 aliphatic carbocycles. The third-order valence-corrected chi connectivity index (χ3v) is 2.78. The van der Waals surface area contributed by atoms with Crippen LogP contribution in [0.3, 0.4) is 0 Å². The van der Waals surface area contributed by atoms with Crippen molar-refractivity contribution in [1.29, 1.82) is 0 Å². The molecular formula is C11H17BrN2O2. The number of hydrogen-bond acceptors (Lipinski definition) is 3. The van der Waals surface area contributed by atoms with Crippen molar-refractivity contribution >= 4 is 21.7 Å². The normalized spacial score (nSPS) is 11.8. The van der Waals surface area contributed by atoms with E-state index in [2.05, 4.69) is 21.0 Å². The van der Waals surface area contributed by atoms with Crippen LogP contribution in [-0.2, 0) is 11.3 Å². The number of nitrogens with zero attached hydrogens (tertiary/aromatic N) is 2. The molecule has 5 heteroatoms. The summed E-state index contributed by atoms with van der Waals surface area (Å²) >= 11 is 3.36. The summed E-state index contributed by atoms with van der Waals surface area (Å²) in [5, 5.41) is 4.16. The Bertz CT molecular complexity index is 380. The van der Waals surface area contributed by atoms with Gasteiger partial charge >= 0.3 is 0 Å². The molecule has 0 amide bonds. The molecule has 0 atom stereocenters. The number of Topliss-reactive ketones (excluding diaryl/α,β-unsaturated/α-hetero) is 1. The second-order valence-electron chi connectivity index (χ2n) is 4.64. The molecule has 0 N–H and O–H groups in total. The van der Waals surface area contributed by atoms with E-state index < -0.39 is 5.41 Å². The standard InChI is InChI=1S/C11H17BrN2O2/c1-11(2,3)10(15)9-8(12)7-13-14(9)5-6-16-4/h7H,5-6H2,1-4H3. The van der Waals surface area contributed by atoms with Gasteiger partial charge in [0, 0.05) is 12.5 Å². The second-order valence-corrected chi connectivity index (χ2v) is 5.49. The topological polar surface area (TPSA) is 44.1 Å². The number of carbonyl (C=O) groups is 1. The number of rotatable bonds is 4. The van der Waals surface area contributed by atoms with Gasteiger partial charge in [-0.3, -0.25) is 9.48 Å². The van der Waals surface area contributed by atoms with Crippen LogP contribution in [0.15, 0.2) is 10.7 Å². The summed E-state index contributed by atoms with van der Waals surface area (Å²) < 4.78 is 7.41. The first-order valence-corrected chi connectivity index (χ1v) is 5.92. The first kappa shape index (κ1) is 13.4. The van der Waals surface area contributed by atoms with E-state index in [1.165, 1.54) is 0 Å². The Morgan fingerprint density at radius 2 is 2.19 bits per heavy atom. The van der Waals surface area contributed by atoms with Crippen LogP contribution < -0.4 is 0 Å². The zero-order valence-electron chi connectivity index (χ0n) is 10.1. The molecule has 16 heavy (non-hydrogen) atoms. The summed E-state index contributed by atoms with van der Waals surface area (Å²) in [6.45, 7) is 6.82. The van der Waals surface area contributed by atoms with Gasteiger partial charge in [0.2, 0.25) is 0 Å². The third kappa shape index (κ3) is 2.92. The van der Waals surface area contributed by atoms with Crippen LogP contribution in [0.25, 0.3) is 0 Å². The molecule has 0 radical (unpaired) electrons. The van der Waals surface area contributed by atoms with Crippen molar-refractivity contribution in [2.24, 2.45) is 5.41 Å². The zero-order chi connectivity index (χ0) is 12.3. The number of halogens is 1. The molecule has 0 unspecified atom stereocenters. The second kappa shape index (κ2) is 5.10. The summed E-state index contributed by atoms with van der Waals surface area (Å²) in [4.78, 5) is 12.2. The molecule has 1 rings (SSSR count). The van der Waals surface area contributed by atoms with Crippen molar-refractivity contribution in [2.45, 2.75) is 27.3 Å². The Morgan fingerprint density at radius 1 is 1.56 bits per heavy atom. The maximum Gasteiger partial charge on any atom is 0.187 e. The van der Waals surface area contributed by atoms with Crippen LogP contribution >= 0.6 is 15.9 Å². The van der Waals surface area contributed by atoms with E-state index >= 15 is 0 Å². The fourth-order valence-corrected chi connectivity index (χ4v) is 1.77. The van der Waals surface area contributed by atoms with E-state index in [0.29, 0.717) is 18.8 Å². The van der Waals surface area contributed by atoms with Gasteiger partial charge in [-0.15, -0.1) is 0 Å². The van der Waals surface area contributed by atoms with Crippen LogP contribution in [-0.4, -0.2) is 29.3 Å². The minimum atomic E-state index is -0.409. The van der Waals surface area contributed by atoms with Gasteiger partial charge in [0.05, 0.1) is 23.8 Å². The SMILES string of the molecule is COCCn1ncc(Br)c1C(=O)C(C)(C)C. The molecule has 0 bridgehead atoms. The van der Waals surface area contributed by atoms with Crippen molar-refractivity contribution in [3.8, 4) is 0 Å². The van der Waals surface area contributed by atoms with E-state index in [0.717, 1.165) is 4.47 Å². The first-order chi connectivity index (χ1) is 7.38. The van der Waals surface area contributed by atoms with Gasteiger partial charge in [0.1, 0.15) is 5.69 Å². The summed E-state index contributed by atoms with van der Waals surface area (Å²) in [5.74, 6) is 0.0768. The molecule has 90 valence electrons. The lowest BCUT2D eigenvalue weighted by molar-refractivity contribution is 0.0842.